The molecule has 2 aromatic rings. The molecule has 25 heavy (non-hydrogen) atoms. The van der Waals surface area contributed by atoms with Crippen LogP contribution in [-0.2, 0) is 6.42 Å². The Balaban J connectivity index is 1.65. The van der Waals surface area contributed by atoms with Crippen molar-refractivity contribution in [2.24, 2.45) is 0 Å². The fourth-order valence-electron chi connectivity index (χ4n) is 2.33. The predicted molar refractivity (Wildman–Crippen MR) is 101 cm³/mol. The number of ether oxygens (including phenoxy) is 1. The number of rotatable bonds is 9. The molecule has 0 unspecified atom stereocenters. The topological polar surface area (TPSA) is 53.6 Å². The third-order valence-electron chi connectivity index (χ3n) is 3.67. The van der Waals surface area contributed by atoms with E-state index in [4.69, 9.17) is 4.74 Å². The highest BCUT2D eigenvalue weighted by Crippen LogP contribution is 2.21. The summed E-state index contributed by atoms with van der Waals surface area (Å²) in [6.07, 6.45) is 1.74. The number of para-hydroxylation sites is 1. The van der Waals surface area contributed by atoms with Crippen molar-refractivity contribution >= 4 is 6.03 Å². The number of urea groups is 1. The summed E-state index contributed by atoms with van der Waals surface area (Å²) in [5.74, 6) is 1.63. The van der Waals surface area contributed by atoms with Crippen LogP contribution in [0, 0.1) is 0 Å². The van der Waals surface area contributed by atoms with E-state index >= 15 is 0 Å². The predicted octanol–water partition coefficient (Wildman–Crippen LogP) is 3.27. The second kappa shape index (κ2) is 10.4. The molecule has 0 atom stereocenters. The van der Waals surface area contributed by atoms with Gasteiger partial charge in [0.25, 0.3) is 0 Å². The fourth-order valence-corrected chi connectivity index (χ4v) is 2.33. The Bertz CT molecular complexity index is 627. The first-order valence-electron chi connectivity index (χ1n) is 8.62. The number of amides is 2. The van der Waals surface area contributed by atoms with Crippen LogP contribution >= 0.6 is 0 Å². The number of carbonyl (C=O) groups is 1. The zero-order chi connectivity index (χ0) is 17.9. The second-order valence-corrected chi connectivity index (χ2v) is 6.15. The van der Waals surface area contributed by atoms with Gasteiger partial charge in [0.15, 0.2) is 0 Å². The van der Waals surface area contributed by atoms with Crippen LogP contribution < -0.4 is 15.4 Å². The average Bonchev–Trinajstić information content (AvgIpc) is 2.61. The van der Waals surface area contributed by atoms with Gasteiger partial charge in [0.05, 0.1) is 0 Å². The Hall–Kier alpha value is -2.53. The lowest BCUT2D eigenvalue weighted by atomic mass is 10.1. The third kappa shape index (κ3) is 7.72. The first kappa shape index (κ1) is 18.8. The largest absolute Gasteiger partial charge is 0.457 e. The maximum atomic E-state index is 11.7. The van der Waals surface area contributed by atoms with Crippen LogP contribution in [0.15, 0.2) is 54.6 Å². The minimum atomic E-state index is -0.109. The number of nitrogens with zero attached hydrogens (tertiary/aromatic N) is 1. The first-order chi connectivity index (χ1) is 12.1. The van der Waals surface area contributed by atoms with Gasteiger partial charge in [-0.15, -0.1) is 0 Å². The molecule has 0 fully saturated rings. The SMILES string of the molecule is CN(C)CCCNC(=O)NCCc1ccc(Oc2ccccc2)cc1. The molecule has 0 aliphatic carbocycles. The Labute approximate surface area is 150 Å². The van der Waals surface area contributed by atoms with Crippen molar-refractivity contribution in [1.82, 2.24) is 15.5 Å². The van der Waals surface area contributed by atoms with E-state index in [9.17, 15) is 4.79 Å². The van der Waals surface area contributed by atoms with Crippen molar-refractivity contribution < 1.29 is 9.53 Å². The van der Waals surface area contributed by atoms with Crippen LogP contribution in [0.5, 0.6) is 11.5 Å². The molecule has 0 radical (unpaired) electrons. The molecule has 0 aliphatic heterocycles. The molecule has 0 saturated carbocycles. The van der Waals surface area contributed by atoms with Gasteiger partial charge in [-0.1, -0.05) is 30.3 Å². The number of carbonyl (C=O) groups excluding carboxylic acids is 1. The van der Waals surface area contributed by atoms with E-state index in [2.05, 4.69) is 15.5 Å². The molecule has 0 bridgehead atoms. The summed E-state index contributed by atoms with van der Waals surface area (Å²) in [6.45, 7) is 2.27. The van der Waals surface area contributed by atoms with Gasteiger partial charge < -0.3 is 20.3 Å². The molecule has 0 spiro atoms. The summed E-state index contributed by atoms with van der Waals surface area (Å²) in [6, 6.07) is 17.5. The first-order valence-corrected chi connectivity index (χ1v) is 8.62. The maximum Gasteiger partial charge on any atom is 0.314 e. The Morgan fingerprint density at radius 2 is 1.56 bits per heavy atom. The molecule has 2 amide bonds. The van der Waals surface area contributed by atoms with Crippen molar-refractivity contribution in [1.29, 1.82) is 0 Å². The molecule has 134 valence electrons. The standard InChI is InChI=1S/C20H27N3O2/c1-23(2)16-6-14-21-20(24)22-15-13-17-9-11-19(12-10-17)25-18-7-4-3-5-8-18/h3-5,7-12H,6,13-16H2,1-2H3,(H2,21,22,24). The van der Waals surface area contributed by atoms with Gasteiger partial charge in [0.1, 0.15) is 11.5 Å². The fraction of sp³-hybridized carbons (Fsp3) is 0.350. The van der Waals surface area contributed by atoms with E-state index in [1.54, 1.807) is 0 Å². The average molecular weight is 341 g/mol. The van der Waals surface area contributed by atoms with Gasteiger partial charge in [-0.05, 0) is 63.3 Å². The highest BCUT2D eigenvalue weighted by Gasteiger charge is 2.01. The number of benzene rings is 2. The molecular formula is C20H27N3O2. The third-order valence-corrected chi connectivity index (χ3v) is 3.67. The monoisotopic (exact) mass is 341 g/mol. The van der Waals surface area contributed by atoms with Crippen molar-refractivity contribution in [3.8, 4) is 11.5 Å². The normalized spacial score (nSPS) is 10.5. The molecule has 0 aliphatic rings. The Kier molecular flexibility index (Phi) is 7.79. The smallest absolute Gasteiger partial charge is 0.314 e. The minimum Gasteiger partial charge on any atom is -0.457 e. The van der Waals surface area contributed by atoms with Crippen LogP contribution in [-0.4, -0.2) is 44.7 Å². The van der Waals surface area contributed by atoms with Crippen molar-refractivity contribution in [3.63, 3.8) is 0 Å². The highest BCUT2D eigenvalue weighted by molar-refractivity contribution is 5.73. The molecule has 2 rings (SSSR count). The summed E-state index contributed by atoms with van der Waals surface area (Å²) < 4.78 is 5.76. The molecule has 0 saturated heterocycles. The lowest BCUT2D eigenvalue weighted by Gasteiger charge is -2.11. The lowest BCUT2D eigenvalue weighted by molar-refractivity contribution is 0.240. The zero-order valence-corrected chi connectivity index (χ0v) is 15.0. The number of hydrogen-bond acceptors (Lipinski definition) is 3. The molecule has 5 nitrogen and oxygen atoms in total. The quantitative estimate of drug-likeness (QED) is 0.688. The van der Waals surface area contributed by atoms with Crippen molar-refractivity contribution in [2.75, 3.05) is 33.7 Å². The van der Waals surface area contributed by atoms with Crippen LogP contribution in [0.3, 0.4) is 0 Å². The van der Waals surface area contributed by atoms with E-state index in [1.165, 1.54) is 0 Å². The second-order valence-electron chi connectivity index (χ2n) is 6.15. The van der Waals surface area contributed by atoms with Gasteiger partial charge in [0, 0.05) is 13.1 Å². The van der Waals surface area contributed by atoms with E-state index in [0.717, 1.165) is 36.4 Å². The van der Waals surface area contributed by atoms with Crippen LogP contribution in [0.2, 0.25) is 0 Å². The van der Waals surface area contributed by atoms with E-state index in [0.29, 0.717) is 13.1 Å². The molecular weight excluding hydrogens is 314 g/mol. The minimum absolute atomic E-state index is 0.109. The Morgan fingerprint density at radius 3 is 2.24 bits per heavy atom. The zero-order valence-electron chi connectivity index (χ0n) is 15.0. The van der Waals surface area contributed by atoms with E-state index < -0.39 is 0 Å². The molecule has 0 heterocycles. The summed E-state index contributed by atoms with van der Waals surface area (Å²) in [7, 11) is 4.05. The van der Waals surface area contributed by atoms with Gasteiger partial charge in [-0.3, -0.25) is 0 Å². The molecule has 5 heteroatoms. The van der Waals surface area contributed by atoms with Gasteiger partial charge in [-0.2, -0.15) is 0 Å². The van der Waals surface area contributed by atoms with Gasteiger partial charge >= 0.3 is 6.03 Å². The van der Waals surface area contributed by atoms with Gasteiger partial charge in [0.2, 0.25) is 0 Å². The summed E-state index contributed by atoms with van der Waals surface area (Å²) in [4.78, 5) is 13.8. The highest BCUT2D eigenvalue weighted by atomic mass is 16.5. The number of hydrogen-bond donors (Lipinski definition) is 2. The lowest BCUT2D eigenvalue weighted by Crippen LogP contribution is -2.37. The van der Waals surface area contributed by atoms with Crippen molar-refractivity contribution in [3.05, 3.63) is 60.2 Å². The van der Waals surface area contributed by atoms with Crippen LogP contribution in [0.4, 0.5) is 4.79 Å². The summed E-state index contributed by atoms with van der Waals surface area (Å²) in [5.41, 5.74) is 1.16. The van der Waals surface area contributed by atoms with Crippen LogP contribution in [0.1, 0.15) is 12.0 Å². The van der Waals surface area contributed by atoms with Crippen LogP contribution in [0.25, 0.3) is 0 Å². The Morgan fingerprint density at radius 1 is 0.920 bits per heavy atom. The van der Waals surface area contributed by atoms with E-state index in [1.807, 2.05) is 68.7 Å². The van der Waals surface area contributed by atoms with Gasteiger partial charge in [-0.25, -0.2) is 4.79 Å². The van der Waals surface area contributed by atoms with E-state index in [-0.39, 0.29) is 6.03 Å². The molecule has 2 N–H and O–H groups in total. The molecule has 2 aromatic carbocycles. The summed E-state index contributed by atoms with van der Waals surface area (Å²) in [5, 5.41) is 5.74. The summed E-state index contributed by atoms with van der Waals surface area (Å²) >= 11 is 0. The number of nitrogens with one attached hydrogen (secondary N) is 2. The molecule has 0 aromatic heterocycles. The maximum absolute atomic E-state index is 11.7. The van der Waals surface area contributed by atoms with Crippen molar-refractivity contribution in [2.45, 2.75) is 12.8 Å².